The number of nitrogens with zero attached hydrogens (tertiary/aromatic N) is 3. The first kappa shape index (κ1) is 30.0. The molecular weight excluding hydrogens is 711 g/mol. The Morgan fingerprint density at radius 2 is 1.62 bits per heavy atom. The van der Waals surface area contributed by atoms with E-state index in [-0.39, 0.29) is 20.1 Å². The minimum atomic E-state index is -1.45. The van der Waals surface area contributed by atoms with Gasteiger partial charge in [0.25, 0.3) is 0 Å². The number of para-hydroxylation sites is 1. The number of rotatable bonds is 5. The van der Waals surface area contributed by atoms with Gasteiger partial charge >= 0.3 is 0 Å². The Kier molecular flexibility index (Phi) is 9.47. The van der Waals surface area contributed by atoms with Gasteiger partial charge in [-0.05, 0) is 52.6 Å². The normalized spacial score (nSPS) is 13.5. The molecule has 4 aromatic heterocycles. The molecule has 0 saturated heterocycles. The second-order valence-electron chi connectivity index (χ2n) is 11.9. The summed E-state index contributed by atoms with van der Waals surface area (Å²) in [5.74, 6) is 0.822. The minimum Gasteiger partial charge on any atom is -0.483 e. The Hall–Kier alpha value is -3.44. The molecule has 215 valence electrons. The second-order valence-corrected chi connectivity index (χ2v) is 17.0. The van der Waals surface area contributed by atoms with Gasteiger partial charge in [0.2, 0.25) is 0 Å². The van der Waals surface area contributed by atoms with Crippen molar-refractivity contribution in [1.82, 2.24) is 15.0 Å². The van der Waals surface area contributed by atoms with Gasteiger partial charge in [-0.3, -0.25) is 0 Å². The smallest absolute Gasteiger partial charge is 0.141 e. The van der Waals surface area contributed by atoms with Crippen molar-refractivity contribution in [3.63, 3.8) is 0 Å². The zero-order valence-corrected chi connectivity index (χ0v) is 27.8. The molecule has 6 aromatic rings. The van der Waals surface area contributed by atoms with Crippen molar-refractivity contribution < 1.29 is 24.5 Å². The van der Waals surface area contributed by atoms with Crippen LogP contribution in [0.3, 0.4) is 0 Å². The summed E-state index contributed by atoms with van der Waals surface area (Å²) in [6.07, 6.45) is 13.8. The Balaban J connectivity index is 0.000000228. The van der Waals surface area contributed by atoms with Crippen LogP contribution < -0.4 is 5.19 Å². The molecule has 4 heterocycles. The van der Waals surface area contributed by atoms with Crippen molar-refractivity contribution in [3.05, 3.63) is 109 Å². The Bertz CT molecular complexity index is 1720. The third-order valence-corrected chi connectivity index (χ3v) is 9.95. The molecule has 1 radical (unpaired) electrons. The molecule has 0 atom stereocenters. The third kappa shape index (κ3) is 6.78. The van der Waals surface area contributed by atoms with Crippen LogP contribution in [-0.2, 0) is 26.5 Å². The molecule has 6 heteroatoms. The Labute approximate surface area is 263 Å². The van der Waals surface area contributed by atoms with E-state index >= 15 is 0 Å². The topological polar surface area (TPSA) is 51.8 Å². The van der Waals surface area contributed by atoms with Crippen molar-refractivity contribution in [2.75, 3.05) is 0 Å². The van der Waals surface area contributed by atoms with Crippen LogP contribution in [0.4, 0.5) is 0 Å². The molecule has 42 heavy (non-hydrogen) atoms. The van der Waals surface area contributed by atoms with Crippen molar-refractivity contribution in [1.29, 1.82) is 0 Å². The van der Waals surface area contributed by atoms with Crippen LogP contribution in [0.5, 0.6) is 0 Å². The maximum atomic E-state index is 5.86. The largest absolute Gasteiger partial charge is 0.483 e. The van der Waals surface area contributed by atoms with Crippen LogP contribution in [0.1, 0.15) is 31.2 Å². The molecule has 0 bridgehead atoms. The average molecular weight is 746 g/mol. The molecule has 1 fully saturated rings. The van der Waals surface area contributed by atoms with Gasteiger partial charge in [0.1, 0.15) is 11.3 Å². The Morgan fingerprint density at radius 1 is 0.833 bits per heavy atom. The van der Waals surface area contributed by atoms with Gasteiger partial charge in [-0.15, -0.1) is 47.5 Å². The van der Waals surface area contributed by atoms with E-state index in [2.05, 4.69) is 66.3 Å². The Morgan fingerprint density at radius 3 is 2.36 bits per heavy atom. The fourth-order valence-corrected chi connectivity index (χ4v) is 7.37. The SMILES string of the molecule is C[Si](C)(C)c1cnc(-c2[c-]nc3oc4ccccc4c3c2)cc1CC1CCCC1.[Ir].[c-]1ccccc1-c1ccccn1. The van der Waals surface area contributed by atoms with Gasteiger partial charge in [-0.2, -0.15) is 0 Å². The van der Waals surface area contributed by atoms with Crippen molar-refractivity contribution in [2.45, 2.75) is 51.7 Å². The van der Waals surface area contributed by atoms with Crippen molar-refractivity contribution in [3.8, 4) is 22.5 Å². The van der Waals surface area contributed by atoms with E-state index in [4.69, 9.17) is 9.40 Å². The molecular formula is C36H35IrN3OSi-2. The molecule has 2 aromatic carbocycles. The van der Waals surface area contributed by atoms with Gasteiger partial charge in [-0.25, -0.2) is 0 Å². The molecule has 0 amide bonds. The predicted molar refractivity (Wildman–Crippen MR) is 171 cm³/mol. The molecule has 4 nitrogen and oxygen atoms in total. The summed E-state index contributed by atoms with van der Waals surface area (Å²) >= 11 is 0. The summed E-state index contributed by atoms with van der Waals surface area (Å²) in [6, 6.07) is 29.3. The number of hydrogen-bond donors (Lipinski definition) is 0. The second kappa shape index (κ2) is 13.2. The van der Waals surface area contributed by atoms with Gasteiger partial charge in [0.05, 0.1) is 8.07 Å². The molecule has 0 N–H and O–H groups in total. The molecule has 0 spiro atoms. The molecule has 1 aliphatic carbocycles. The van der Waals surface area contributed by atoms with E-state index in [1.165, 1.54) is 42.9 Å². The summed E-state index contributed by atoms with van der Waals surface area (Å²) in [7, 11) is -1.45. The molecule has 1 saturated carbocycles. The standard InChI is InChI=1S/C25H27N2OSi.C11H8N.Ir/c1-29(2,3)24-16-26-22(14-18(24)12-17-8-4-5-9-17)19-13-21-20-10-6-7-11-23(20)28-25(21)27-15-19;1-2-6-10(7-3-1)11-8-4-5-9-12-11;/h6-7,10-11,13-14,16-17H,4-5,8-9,12H2,1-3H3;1-6,8-9H;/q2*-1;. The quantitative estimate of drug-likeness (QED) is 0.131. The zero-order chi connectivity index (χ0) is 28.2. The first-order valence-corrected chi connectivity index (χ1v) is 18.0. The van der Waals surface area contributed by atoms with Crippen LogP contribution in [-0.4, -0.2) is 23.0 Å². The number of benzene rings is 2. The van der Waals surface area contributed by atoms with Crippen molar-refractivity contribution in [2.24, 2.45) is 5.92 Å². The fraction of sp³-hybridized carbons (Fsp3) is 0.250. The number of aromatic nitrogens is 3. The van der Waals surface area contributed by atoms with Crippen LogP contribution in [0.15, 0.2) is 95.7 Å². The third-order valence-electron chi connectivity index (χ3n) is 7.89. The first-order valence-electron chi connectivity index (χ1n) is 14.5. The van der Waals surface area contributed by atoms with E-state index in [0.717, 1.165) is 44.8 Å². The fourth-order valence-electron chi connectivity index (χ4n) is 5.78. The van der Waals surface area contributed by atoms with Crippen LogP contribution in [0, 0.1) is 18.2 Å². The summed E-state index contributed by atoms with van der Waals surface area (Å²) in [6.45, 7) is 7.25. The summed E-state index contributed by atoms with van der Waals surface area (Å²) in [5, 5.41) is 3.62. The van der Waals surface area contributed by atoms with Gasteiger partial charge < -0.3 is 19.4 Å². The number of fused-ring (bicyclic) bond motifs is 3. The molecule has 7 rings (SSSR count). The van der Waals surface area contributed by atoms with Crippen LogP contribution in [0.2, 0.25) is 19.6 Å². The number of pyridine rings is 3. The molecule has 0 unspecified atom stereocenters. The van der Waals surface area contributed by atoms with E-state index in [9.17, 15) is 0 Å². The first-order chi connectivity index (χ1) is 20.0. The maximum absolute atomic E-state index is 5.86. The van der Waals surface area contributed by atoms with E-state index in [0.29, 0.717) is 5.71 Å². The van der Waals surface area contributed by atoms with E-state index < -0.39 is 8.07 Å². The predicted octanol–water partition coefficient (Wildman–Crippen LogP) is 8.67. The van der Waals surface area contributed by atoms with E-state index in [1.54, 1.807) is 6.20 Å². The maximum Gasteiger partial charge on any atom is 0.141 e. The average Bonchev–Trinajstić information content (AvgIpc) is 3.65. The van der Waals surface area contributed by atoms with Gasteiger partial charge in [0.15, 0.2) is 0 Å². The van der Waals surface area contributed by atoms with Crippen molar-refractivity contribution >= 4 is 35.3 Å². The minimum absolute atomic E-state index is 0. The monoisotopic (exact) mass is 746 g/mol. The number of furan rings is 1. The summed E-state index contributed by atoms with van der Waals surface area (Å²) in [4.78, 5) is 13.5. The van der Waals surface area contributed by atoms with Gasteiger partial charge in [-0.1, -0.05) is 87.3 Å². The summed E-state index contributed by atoms with van der Waals surface area (Å²) < 4.78 is 5.86. The number of hydrogen-bond acceptors (Lipinski definition) is 4. The molecule has 1 aliphatic rings. The summed E-state index contributed by atoms with van der Waals surface area (Å²) in [5.41, 5.74) is 6.92. The van der Waals surface area contributed by atoms with Crippen LogP contribution in [0.25, 0.3) is 44.6 Å². The molecule has 0 aliphatic heterocycles. The van der Waals surface area contributed by atoms with E-state index in [1.807, 2.05) is 60.7 Å². The zero-order valence-electron chi connectivity index (χ0n) is 24.4. The van der Waals surface area contributed by atoms with Gasteiger partial charge in [0, 0.05) is 37.9 Å². The van der Waals surface area contributed by atoms with Crippen LogP contribution >= 0.6 is 0 Å².